The van der Waals surface area contributed by atoms with Gasteiger partial charge in [0.2, 0.25) is 0 Å². The molecule has 6 aromatic rings. The van der Waals surface area contributed by atoms with Crippen molar-refractivity contribution in [1.82, 2.24) is 9.99 Å². The van der Waals surface area contributed by atoms with Crippen LogP contribution in [-0.2, 0) is 13.2 Å². The lowest BCUT2D eigenvalue weighted by atomic mass is 10.1. The molecule has 9 heteroatoms. The first-order valence-corrected chi connectivity index (χ1v) is 15.4. The number of ether oxygens (including phenoxy) is 2. The molecule has 45 heavy (non-hydrogen) atoms. The number of nitrogens with one attached hydrogen (secondary N) is 1. The van der Waals surface area contributed by atoms with Gasteiger partial charge in [0.05, 0.1) is 15.7 Å². The minimum atomic E-state index is -0.487. The summed E-state index contributed by atoms with van der Waals surface area (Å²) in [5.41, 5.74) is 7.61. The average Bonchev–Trinajstić information content (AvgIpc) is 3.66. The molecule has 0 atom stereocenters. The molecule has 0 aliphatic heterocycles. The molecule has 7 nitrogen and oxygen atoms in total. The topological polar surface area (TPSA) is 78.0 Å². The Kier molecular flexibility index (Phi) is 9.05. The van der Waals surface area contributed by atoms with Gasteiger partial charge in [-0.05, 0) is 112 Å². The van der Waals surface area contributed by atoms with E-state index in [0.717, 1.165) is 22.0 Å². The van der Waals surface area contributed by atoms with E-state index in [2.05, 4.69) is 75.2 Å². The Morgan fingerprint density at radius 3 is 2.44 bits per heavy atom. The summed E-state index contributed by atoms with van der Waals surface area (Å²) in [5.74, 6) is 1.37. The SMILES string of the molecule is Cc1ccc(C)n1-c1ccc(OCc2ccc(C(=O)N/N=C/c3cc(Cl)c(OCc4cccc5ccccc45)c(Br)c3)o2)cc1. The summed E-state index contributed by atoms with van der Waals surface area (Å²) in [5, 5.41) is 6.76. The zero-order valence-electron chi connectivity index (χ0n) is 24.6. The fourth-order valence-electron chi connectivity index (χ4n) is 5.08. The van der Waals surface area contributed by atoms with Gasteiger partial charge in [0.1, 0.15) is 24.7 Å². The van der Waals surface area contributed by atoms with E-state index in [1.165, 1.54) is 17.6 Å². The molecule has 6 rings (SSSR count). The van der Waals surface area contributed by atoms with Crippen LogP contribution < -0.4 is 14.9 Å². The summed E-state index contributed by atoms with van der Waals surface area (Å²) in [6.45, 7) is 4.69. The zero-order chi connectivity index (χ0) is 31.3. The highest BCUT2D eigenvalue weighted by atomic mass is 79.9. The quantitative estimate of drug-likeness (QED) is 0.115. The molecule has 2 heterocycles. The number of hydrogen-bond donors (Lipinski definition) is 1. The largest absolute Gasteiger partial charge is 0.486 e. The van der Waals surface area contributed by atoms with Gasteiger partial charge < -0.3 is 18.5 Å². The van der Waals surface area contributed by atoms with Crippen molar-refractivity contribution in [2.75, 3.05) is 0 Å². The van der Waals surface area contributed by atoms with E-state index in [4.69, 9.17) is 25.5 Å². The standard InChI is InChI=1S/C36H29BrClN3O4/c1-23-10-11-24(2)41(23)28-12-14-29(15-13-28)43-22-30-16-17-34(45-30)36(42)40-39-20-25-18-32(37)35(33(38)19-25)44-21-27-8-5-7-26-6-3-4-9-31(26)27/h3-20H,21-22H2,1-2H3,(H,40,42)/b39-20+. The third kappa shape index (κ3) is 6.98. The number of rotatable bonds is 10. The maximum absolute atomic E-state index is 12.6. The number of carbonyl (C=O) groups is 1. The van der Waals surface area contributed by atoms with E-state index in [1.807, 2.05) is 54.6 Å². The van der Waals surface area contributed by atoms with E-state index < -0.39 is 5.91 Å². The molecule has 0 aliphatic rings. The number of halogens is 2. The Bertz CT molecular complexity index is 1970. The van der Waals surface area contributed by atoms with Gasteiger partial charge in [0.15, 0.2) is 11.5 Å². The molecule has 0 aliphatic carbocycles. The molecule has 0 bridgehead atoms. The zero-order valence-corrected chi connectivity index (χ0v) is 26.9. The highest BCUT2D eigenvalue weighted by molar-refractivity contribution is 9.10. The molecule has 0 unspecified atom stereocenters. The Balaban J connectivity index is 1.02. The van der Waals surface area contributed by atoms with E-state index >= 15 is 0 Å². The Morgan fingerprint density at radius 1 is 0.911 bits per heavy atom. The monoisotopic (exact) mass is 681 g/mol. The van der Waals surface area contributed by atoms with Crippen LogP contribution in [0.25, 0.3) is 16.5 Å². The van der Waals surface area contributed by atoms with E-state index in [0.29, 0.717) is 38.9 Å². The van der Waals surface area contributed by atoms with Gasteiger partial charge in [-0.15, -0.1) is 0 Å². The summed E-state index contributed by atoms with van der Waals surface area (Å²) in [6, 6.07) is 33.1. The molecule has 4 aromatic carbocycles. The van der Waals surface area contributed by atoms with E-state index in [1.54, 1.807) is 18.2 Å². The van der Waals surface area contributed by atoms with E-state index in [9.17, 15) is 4.79 Å². The number of carbonyl (C=O) groups excluding carboxylic acids is 1. The fraction of sp³-hybridized carbons (Fsp3) is 0.111. The Morgan fingerprint density at radius 2 is 1.67 bits per heavy atom. The summed E-state index contributed by atoms with van der Waals surface area (Å²) >= 11 is 10.1. The third-order valence-electron chi connectivity index (χ3n) is 7.28. The highest BCUT2D eigenvalue weighted by Crippen LogP contribution is 2.35. The molecule has 1 amide bonds. The van der Waals surface area contributed by atoms with Crippen molar-refractivity contribution in [2.24, 2.45) is 5.10 Å². The van der Waals surface area contributed by atoms with Crippen molar-refractivity contribution in [1.29, 1.82) is 0 Å². The van der Waals surface area contributed by atoms with Gasteiger partial charge in [0.25, 0.3) is 0 Å². The summed E-state index contributed by atoms with van der Waals surface area (Å²) in [4.78, 5) is 12.6. The first-order valence-electron chi connectivity index (χ1n) is 14.2. The highest BCUT2D eigenvalue weighted by Gasteiger charge is 2.13. The van der Waals surface area contributed by atoms with Crippen molar-refractivity contribution in [3.05, 3.63) is 147 Å². The molecular weight excluding hydrogens is 654 g/mol. The Labute approximate surface area is 274 Å². The van der Waals surface area contributed by atoms with Crippen LogP contribution >= 0.6 is 27.5 Å². The summed E-state index contributed by atoms with van der Waals surface area (Å²) in [7, 11) is 0. The number of aryl methyl sites for hydroxylation is 2. The van der Waals surface area contributed by atoms with Crippen LogP contribution in [0.1, 0.15) is 38.8 Å². The number of amides is 1. The van der Waals surface area contributed by atoms with Crippen molar-refractivity contribution < 1.29 is 18.7 Å². The number of hydrazone groups is 1. The second-order valence-electron chi connectivity index (χ2n) is 10.4. The maximum atomic E-state index is 12.6. The fourth-order valence-corrected chi connectivity index (χ4v) is 6.07. The van der Waals surface area contributed by atoms with Gasteiger partial charge in [-0.2, -0.15) is 5.10 Å². The van der Waals surface area contributed by atoms with Crippen LogP contribution in [-0.4, -0.2) is 16.7 Å². The van der Waals surface area contributed by atoms with Crippen molar-refractivity contribution in [3.63, 3.8) is 0 Å². The van der Waals surface area contributed by atoms with Gasteiger partial charge in [-0.25, -0.2) is 5.43 Å². The maximum Gasteiger partial charge on any atom is 0.307 e. The summed E-state index contributed by atoms with van der Waals surface area (Å²) in [6.07, 6.45) is 1.50. The van der Waals surface area contributed by atoms with Crippen LogP contribution in [0.3, 0.4) is 0 Å². The van der Waals surface area contributed by atoms with Crippen molar-refractivity contribution in [2.45, 2.75) is 27.1 Å². The van der Waals surface area contributed by atoms with Crippen LogP contribution in [0.4, 0.5) is 0 Å². The number of nitrogens with zero attached hydrogens (tertiary/aromatic N) is 2. The molecule has 0 saturated heterocycles. The van der Waals surface area contributed by atoms with Crippen molar-refractivity contribution >= 4 is 50.4 Å². The van der Waals surface area contributed by atoms with Crippen molar-refractivity contribution in [3.8, 4) is 17.2 Å². The predicted octanol–water partition coefficient (Wildman–Crippen LogP) is 9.18. The molecule has 0 radical (unpaired) electrons. The van der Waals surface area contributed by atoms with Crippen LogP contribution in [0.5, 0.6) is 11.5 Å². The average molecular weight is 683 g/mol. The predicted molar refractivity (Wildman–Crippen MR) is 181 cm³/mol. The first kappa shape index (κ1) is 30.2. The lowest BCUT2D eigenvalue weighted by Crippen LogP contribution is -2.16. The minimum absolute atomic E-state index is 0.121. The molecule has 0 spiro atoms. The summed E-state index contributed by atoms with van der Waals surface area (Å²) < 4.78 is 20.5. The minimum Gasteiger partial charge on any atom is -0.486 e. The second kappa shape index (κ2) is 13.5. The van der Waals surface area contributed by atoms with Crippen LogP contribution in [0, 0.1) is 13.8 Å². The normalized spacial score (nSPS) is 11.3. The number of aromatic nitrogens is 1. The lowest BCUT2D eigenvalue weighted by molar-refractivity contribution is 0.0923. The molecule has 1 N–H and O–H groups in total. The molecule has 2 aromatic heterocycles. The van der Waals surface area contributed by atoms with Gasteiger partial charge >= 0.3 is 5.91 Å². The second-order valence-corrected chi connectivity index (χ2v) is 11.7. The number of benzene rings is 4. The van der Waals surface area contributed by atoms with Gasteiger partial charge in [-0.3, -0.25) is 4.79 Å². The van der Waals surface area contributed by atoms with E-state index in [-0.39, 0.29) is 12.4 Å². The number of furan rings is 1. The number of fused-ring (bicyclic) bond motifs is 1. The molecule has 0 saturated carbocycles. The smallest absolute Gasteiger partial charge is 0.307 e. The Hall–Kier alpha value is -4.79. The van der Waals surface area contributed by atoms with Gasteiger partial charge in [-0.1, -0.05) is 54.1 Å². The van der Waals surface area contributed by atoms with Gasteiger partial charge in [0, 0.05) is 17.1 Å². The van der Waals surface area contributed by atoms with Crippen LogP contribution in [0.15, 0.2) is 117 Å². The molecular formula is C36H29BrClN3O4. The van der Waals surface area contributed by atoms with Crippen LogP contribution in [0.2, 0.25) is 5.02 Å². The lowest BCUT2D eigenvalue weighted by Gasteiger charge is -2.12. The third-order valence-corrected chi connectivity index (χ3v) is 8.15. The first-order chi connectivity index (χ1) is 21.9. The molecule has 226 valence electrons. The molecule has 0 fully saturated rings. The number of hydrogen-bond acceptors (Lipinski definition) is 5.